The molecule has 0 bridgehead atoms. The van der Waals surface area contributed by atoms with Gasteiger partial charge >= 0.3 is 0 Å². The Bertz CT molecular complexity index is 409. The second-order valence-electron chi connectivity index (χ2n) is 4.10. The highest BCUT2D eigenvalue weighted by molar-refractivity contribution is 9.10. The molecule has 1 aliphatic heterocycles. The van der Waals surface area contributed by atoms with Gasteiger partial charge in [-0.3, -0.25) is 4.79 Å². The quantitative estimate of drug-likeness (QED) is 0.875. The van der Waals surface area contributed by atoms with Crippen molar-refractivity contribution < 1.29 is 4.79 Å². The third-order valence-corrected chi connectivity index (χ3v) is 4.27. The van der Waals surface area contributed by atoms with Crippen LogP contribution in [0, 0.1) is 0 Å². The zero-order chi connectivity index (χ0) is 12.4. The first-order valence-electron chi connectivity index (χ1n) is 5.39. The molecule has 1 aromatic rings. The van der Waals surface area contributed by atoms with Crippen molar-refractivity contribution in [3.05, 3.63) is 9.98 Å². The minimum atomic E-state index is -0.156. The van der Waals surface area contributed by atoms with Crippen LogP contribution in [0.2, 0.25) is 0 Å². The van der Waals surface area contributed by atoms with Crippen molar-refractivity contribution in [1.82, 2.24) is 15.2 Å². The first-order valence-corrected chi connectivity index (χ1v) is 7.06. The van der Waals surface area contributed by atoms with E-state index >= 15 is 0 Å². The number of nitrogens with one attached hydrogen (secondary N) is 1. The molecule has 1 atom stereocenters. The topological polar surface area (TPSA) is 48.5 Å². The van der Waals surface area contributed by atoms with E-state index in [1.54, 1.807) is 30.3 Å². The van der Waals surface area contributed by atoms with Crippen molar-refractivity contribution >= 4 is 38.3 Å². The summed E-state index contributed by atoms with van der Waals surface area (Å²) in [5.74, 6) is 0.114. The van der Waals surface area contributed by atoms with Gasteiger partial charge in [0.1, 0.15) is 10.6 Å². The predicted octanol–water partition coefficient (Wildman–Crippen LogP) is 0.772. The number of aromatic nitrogens is 1. The molecule has 0 saturated carbocycles. The normalized spacial score (nSPS) is 20.4. The van der Waals surface area contributed by atoms with E-state index in [0.717, 1.165) is 22.8 Å². The highest BCUT2D eigenvalue weighted by atomic mass is 79.9. The summed E-state index contributed by atoms with van der Waals surface area (Å²) >= 11 is 4.90. The summed E-state index contributed by atoms with van der Waals surface area (Å²) < 4.78 is 0.826. The molecule has 1 saturated heterocycles. The Morgan fingerprint density at radius 2 is 2.47 bits per heavy atom. The number of nitrogens with zero attached hydrogens (tertiary/aromatic N) is 3. The van der Waals surface area contributed by atoms with Crippen molar-refractivity contribution in [3.8, 4) is 0 Å². The van der Waals surface area contributed by atoms with Crippen LogP contribution in [0.5, 0.6) is 0 Å². The SMILES string of the molecule is CN(C)C(=O)C1CNCCN1c1nc(Br)cs1. The first kappa shape index (κ1) is 12.8. The zero-order valence-electron chi connectivity index (χ0n) is 9.81. The number of carbonyl (C=O) groups is 1. The van der Waals surface area contributed by atoms with E-state index in [2.05, 4.69) is 31.1 Å². The molecule has 0 radical (unpaired) electrons. The number of anilines is 1. The summed E-state index contributed by atoms with van der Waals surface area (Å²) in [7, 11) is 3.57. The molecule has 1 amide bonds. The number of halogens is 1. The standard InChI is InChI=1S/C10H15BrN4OS/c1-14(2)9(16)7-5-12-3-4-15(7)10-13-8(11)6-17-10/h6-7,12H,3-5H2,1-2H3. The molecule has 0 spiro atoms. The lowest BCUT2D eigenvalue weighted by atomic mass is 10.2. The summed E-state index contributed by atoms with van der Waals surface area (Å²) in [5, 5.41) is 6.09. The zero-order valence-corrected chi connectivity index (χ0v) is 12.2. The maximum absolute atomic E-state index is 12.1. The summed E-state index contributed by atoms with van der Waals surface area (Å²) in [5.41, 5.74) is 0. The van der Waals surface area contributed by atoms with Gasteiger partial charge in [-0.1, -0.05) is 0 Å². The van der Waals surface area contributed by atoms with Gasteiger partial charge in [0.2, 0.25) is 5.91 Å². The fraction of sp³-hybridized carbons (Fsp3) is 0.600. The molecule has 1 fully saturated rings. The van der Waals surface area contributed by atoms with Crippen molar-refractivity contribution in [2.45, 2.75) is 6.04 Å². The van der Waals surface area contributed by atoms with Gasteiger partial charge in [-0.2, -0.15) is 0 Å². The number of piperazine rings is 1. The third kappa shape index (κ3) is 2.78. The van der Waals surface area contributed by atoms with E-state index < -0.39 is 0 Å². The van der Waals surface area contributed by atoms with Crippen molar-refractivity contribution in [1.29, 1.82) is 0 Å². The van der Waals surface area contributed by atoms with Crippen LogP contribution in [0.15, 0.2) is 9.98 Å². The van der Waals surface area contributed by atoms with Crippen LogP contribution in [0.3, 0.4) is 0 Å². The van der Waals surface area contributed by atoms with Gasteiger partial charge in [0.05, 0.1) is 0 Å². The second kappa shape index (κ2) is 5.32. The van der Waals surface area contributed by atoms with Crippen LogP contribution in [0.1, 0.15) is 0 Å². The summed E-state index contributed by atoms with van der Waals surface area (Å²) in [4.78, 5) is 20.2. The highest BCUT2D eigenvalue weighted by Crippen LogP contribution is 2.26. The Labute approximate surface area is 113 Å². The van der Waals surface area contributed by atoms with Crippen molar-refractivity contribution in [3.63, 3.8) is 0 Å². The Kier molecular flexibility index (Phi) is 4.01. The van der Waals surface area contributed by atoms with Gasteiger partial charge in [-0.15, -0.1) is 11.3 Å². The van der Waals surface area contributed by atoms with Crippen molar-refractivity contribution in [2.75, 3.05) is 38.6 Å². The van der Waals surface area contributed by atoms with Crippen LogP contribution in [-0.2, 0) is 4.79 Å². The van der Waals surface area contributed by atoms with E-state index in [0.29, 0.717) is 6.54 Å². The van der Waals surface area contributed by atoms with E-state index in [4.69, 9.17) is 0 Å². The minimum absolute atomic E-state index is 0.114. The molecule has 0 aromatic carbocycles. The number of amides is 1. The van der Waals surface area contributed by atoms with E-state index in [9.17, 15) is 4.79 Å². The predicted molar refractivity (Wildman–Crippen MR) is 72.5 cm³/mol. The third-order valence-electron chi connectivity index (χ3n) is 2.68. The summed E-state index contributed by atoms with van der Waals surface area (Å²) in [6, 6.07) is -0.156. The number of hydrogen-bond donors (Lipinski definition) is 1. The second-order valence-corrected chi connectivity index (χ2v) is 5.75. The Balaban J connectivity index is 2.20. The Morgan fingerprint density at radius 3 is 3.06 bits per heavy atom. The molecule has 0 aliphatic carbocycles. The van der Waals surface area contributed by atoms with E-state index in [1.165, 1.54) is 0 Å². The summed E-state index contributed by atoms with van der Waals surface area (Å²) in [6.07, 6.45) is 0. The van der Waals surface area contributed by atoms with Crippen molar-refractivity contribution in [2.24, 2.45) is 0 Å². The van der Waals surface area contributed by atoms with Gasteiger partial charge in [-0.25, -0.2) is 4.98 Å². The number of carbonyl (C=O) groups excluding carboxylic acids is 1. The number of likely N-dealkylation sites (N-methyl/N-ethyl adjacent to an activating group) is 1. The molecule has 17 heavy (non-hydrogen) atoms. The lowest BCUT2D eigenvalue weighted by Crippen LogP contribution is -2.57. The molecule has 7 heteroatoms. The molecule has 2 heterocycles. The lowest BCUT2D eigenvalue weighted by molar-refractivity contribution is -0.130. The molecule has 1 N–H and O–H groups in total. The molecule has 1 aliphatic rings. The highest BCUT2D eigenvalue weighted by Gasteiger charge is 2.31. The average Bonchev–Trinajstić information content (AvgIpc) is 2.74. The van der Waals surface area contributed by atoms with Gasteiger partial charge in [0.25, 0.3) is 0 Å². The van der Waals surface area contributed by atoms with Gasteiger partial charge < -0.3 is 15.1 Å². The van der Waals surface area contributed by atoms with Crippen LogP contribution in [0.4, 0.5) is 5.13 Å². The monoisotopic (exact) mass is 318 g/mol. The fourth-order valence-electron chi connectivity index (χ4n) is 1.83. The van der Waals surface area contributed by atoms with Crippen LogP contribution < -0.4 is 10.2 Å². The average molecular weight is 319 g/mol. The Hall–Kier alpha value is -0.660. The minimum Gasteiger partial charge on any atom is -0.347 e. The van der Waals surface area contributed by atoms with Crippen LogP contribution >= 0.6 is 27.3 Å². The maximum atomic E-state index is 12.1. The van der Waals surface area contributed by atoms with Crippen LogP contribution in [-0.4, -0.2) is 55.6 Å². The lowest BCUT2D eigenvalue weighted by Gasteiger charge is -2.36. The molecule has 1 aromatic heterocycles. The maximum Gasteiger partial charge on any atom is 0.246 e. The largest absolute Gasteiger partial charge is 0.347 e. The number of rotatable bonds is 2. The number of hydrogen-bond acceptors (Lipinski definition) is 5. The summed E-state index contributed by atoms with van der Waals surface area (Å²) in [6.45, 7) is 2.37. The molecule has 1 unspecified atom stereocenters. The van der Waals surface area contributed by atoms with Gasteiger partial charge in [-0.05, 0) is 15.9 Å². The number of thiazole rings is 1. The molecular formula is C10H15BrN4OS. The first-order chi connectivity index (χ1) is 8.09. The fourth-order valence-corrected chi connectivity index (χ4v) is 3.16. The van der Waals surface area contributed by atoms with E-state index in [-0.39, 0.29) is 11.9 Å². The molecule has 94 valence electrons. The van der Waals surface area contributed by atoms with Gasteiger partial charge in [0, 0.05) is 39.1 Å². The smallest absolute Gasteiger partial charge is 0.246 e. The molecular weight excluding hydrogens is 304 g/mol. The molecule has 2 rings (SSSR count). The van der Waals surface area contributed by atoms with E-state index in [1.807, 2.05) is 5.38 Å². The Morgan fingerprint density at radius 1 is 1.71 bits per heavy atom. The van der Waals surface area contributed by atoms with Crippen LogP contribution in [0.25, 0.3) is 0 Å². The van der Waals surface area contributed by atoms with Gasteiger partial charge in [0.15, 0.2) is 5.13 Å². The molecule has 5 nitrogen and oxygen atoms in total.